The van der Waals surface area contributed by atoms with Crippen LogP contribution in [-0.4, -0.2) is 88.1 Å². The molecule has 1 aromatic heterocycles. The zero-order valence-electron chi connectivity index (χ0n) is 28.1. The Bertz CT molecular complexity index is 1770. The van der Waals surface area contributed by atoms with E-state index in [0.29, 0.717) is 25.3 Å². The number of carbonyl (C=O) groups excluding carboxylic acids is 4. The van der Waals surface area contributed by atoms with Gasteiger partial charge in [0, 0.05) is 50.4 Å². The zero-order valence-corrected chi connectivity index (χ0v) is 28.1. The van der Waals surface area contributed by atoms with Crippen molar-refractivity contribution in [3.63, 3.8) is 0 Å². The Labute approximate surface area is 280 Å². The second-order valence-corrected chi connectivity index (χ2v) is 13.5. The van der Waals surface area contributed by atoms with Crippen LogP contribution in [0.5, 0.6) is 5.75 Å². The Balaban J connectivity index is 1.48. The van der Waals surface area contributed by atoms with E-state index in [2.05, 4.69) is 10.5 Å². The third kappa shape index (κ3) is 7.37. The number of benzene rings is 1. The van der Waals surface area contributed by atoms with Crippen molar-refractivity contribution in [3.8, 4) is 5.75 Å². The number of nitrogens with one attached hydrogen (secondary N) is 1. The lowest BCUT2D eigenvalue weighted by Gasteiger charge is -2.42. The number of ether oxygens (including phenoxy) is 3. The molecule has 1 N–H and O–H groups in total. The summed E-state index contributed by atoms with van der Waals surface area (Å²) in [5.74, 6) is -4.39. The number of rotatable bonds is 8. The third-order valence-electron chi connectivity index (χ3n) is 8.61. The molecule has 16 heteroatoms. The number of pyridine rings is 1. The van der Waals surface area contributed by atoms with E-state index < -0.39 is 82.8 Å². The van der Waals surface area contributed by atoms with E-state index in [0.717, 1.165) is 22.7 Å². The molecule has 0 radical (unpaired) electrons. The molecule has 14 nitrogen and oxygen atoms in total. The number of nitrogens with zero attached hydrogens (tertiary/aromatic N) is 4. The fourth-order valence-electron chi connectivity index (χ4n) is 6.22. The molecule has 4 heterocycles. The lowest BCUT2D eigenvalue weighted by molar-refractivity contribution is -0.155. The lowest BCUT2D eigenvalue weighted by Crippen LogP contribution is -2.52. The molecule has 3 amide bonds. The van der Waals surface area contributed by atoms with Crippen LogP contribution in [-0.2, 0) is 25.7 Å². The number of hydrogen-bond donors (Lipinski definition) is 1. The van der Waals surface area contributed by atoms with Crippen molar-refractivity contribution in [1.29, 1.82) is 0 Å². The summed E-state index contributed by atoms with van der Waals surface area (Å²) in [5.41, 5.74) is -2.59. The summed E-state index contributed by atoms with van der Waals surface area (Å²) in [7, 11) is 1.30. The minimum absolute atomic E-state index is 0.0267. The van der Waals surface area contributed by atoms with Crippen molar-refractivity contribution in [1.82, 2.24) is 19.7 Å². The van der Waals surface area contributed by atoms with Crippen LogP contribution in [0.4, 0.5) is 13.6 Å². The molecule has 0 saturated carbocycles. The van der Waals surface area contributed by atoms with E-state index in [1.807, 2.05) is 13.8 Å². The number of oxime groups is 1. The summed E-state index contributed by atoms with van der Waals surface area (Å²) in [6.45, 7) is 7.24. The maximum absolute atomic E-state index is 14.3. The molecule has 5 rings (SSSR count). The molecule has 1 spiro atoms. The fraction of sp³-hybridized carbons (Fsp3) is 0.515. The summed E-state index contributed by atoms with van der Waals surface area (Å²) in [4.78, 5) is 74.9. The van der Waals surface area contributed by atoms with Gasteiger partial charge in [-0.25, -0.2) is 13.6 Å². The molecule has 2 aromatic rings. The molecule has 1 saturated heterocycles. The van der Waals surface area contributed by atoms with Crippen molar-refractivity contribution >= 4 is 29.6 Å². The van der Waals surface area contributed by atoms with Crippen molar-refractivity contribution in [2.45, 2.75) is 83.7 Å². The Morgan fingerprint density at radius 2 is 1.94 bits per heavy atom. The van der Waals surface area contributed by atoms with Crippen LogP contribution in [0.25, 0.3) is 0 Å². The monoisotopic (exact) mass is 687 g/mol. The molecule has 264 valence electrons. The maximum atomic E-state index is 14.3. The average Bonchev–Trinajstić information content (AvgIpc) is 3.34. The zero-order chi connectivity index (χ0) is 35.8. The summed E-state index contributed by atoms with van der Waals surface area (Å²) < 4.78 is 45.3. The first kappa shape index (κ1) is 35.3. The van der Waals surface area contributed by atoms with Crippen molar-refractivity contribution < 1.29 is 47.0 Å². The maximum Gasteiger partial charge on any atom is 0.412 e. The Kier molecular flexibility index (Phi) is 9.70. The molecule has 1 fully saturated rings. The average molecular weight is 688 g/mol. The minimum atomic E-state index is -0.990. The Morgan fingerprint density at radius 3 is 2.59 bits per heavy atom. The molecule has 2 bridgehead atoms. The fourth-order valence-corrected chi connectivity index (χ4v) is 6.22. The molecule has 1 aromatic carbocycles. The van der Waals surface area contributed by atoms with Gasteiger partial charge in [-0.15, -0.1) is 0 Å². The number of esters is 1. The molecule has 3 aliphatic heterocycles. The van der Waals surface area contributed by atoms with E-state index in [4.69, 9.17) is 19.0 Å². The first-order chi connectivity index (χ1) is 23.0. The van der Waals surface area contributed by atoms with Gasteiger partial charge in [-0.2, -0.15) is 0 Å². The van der Waals surface area contributed by atoms with Gasteiger partial charge in [0.25, 0.3) is 11.8 Å². The predicted molar refractivity (Wildman–Crippen MR) is 169 cm³/mol. The van der Waals surface area contributed by atoms with Gasteiger partial charge < -0.3 is 38.7 Å². The number of halogens is 2. The van der Waals surface area contributed by atoms with Crippen LogP contribution >= 0.6 is 0 Å². The number of likely N-dealkylation sites (N-methyl/N-ethyl adjacent to an activating group) is 1. The van der Waals surface area contributed by atoms with Gasteiger partial charge in [0.05, 0.1) is 11.8 Å². The quantitative estimate of drug-likeness (QED) is 0.324. The first-order valence-electron chi connectivity index (χ1n) is 15.8. The highest BCUT2D eigenvalue weighted by atomic mass is 19.1. The molecular formula is C33H39F2N5O9. The minimum Gasteiger partial charge on any atom is -0.459 e. The number of fused-ring (bicyclic) bond motifs is 5. The number of aromatic nitrogens is 1. The Morgan fingerprint density at radius 1 is 1.20 bits per heavy atom. The standard InChI is InChI=1S/C33H39F2N5O9/c1-18-12-33(49-37-18)10-9-19(2)39-15-24(33)40-14-22(29(43)36-13-20-7-8-21(34)11-23(20)35)27(42)28(26(40)30(39)44)46-17-47-31(45)38(6)16-25(41)48-32(3,4)5/h7-8,11,14,19,24H,9-10,12-13,15-17H2,1-6H3,(H,36,43)/t19-,24+,33-/m0/s1. The van der Waals surface area contributed by atoms with Crippen LogP contribution in [0.3, 0.4) is 0 Å². The summed E-state index contributed by atoms with van der Waals surface area (Å²) >= 11 is 0. The molecule has 0 unspecified atom stereocenters. The molecule has 3 aliphatic rings. The highest BCUT2D eigenvalue weighted by molar-refractivity contribution is 5.99. The van der Waals surface area contributed by atoms with Gasteiger partial charge >= 0.3 is 12.1 Å². The van der Waals surface area contributed by atoms with E-state index in [9.17, 15) is 32.8 Å². The van der Waals surface area contributed by atoms with Gasteiger partial charge in [0.1, 0.15) is 29.3 Å². The summed E-state index contributed by atoms with van der Waals surface area (Å²) in [6.07, 6.45) is 1.77. The van der Waals surface area contributed by atoms with Gasteiger partial charge in [0.15, 0.2) is 11.3 Å². The van der Waals surface area contributed by atoms with E-state index in [-0.39, 0.29) is 30.4 Å². The number of hydrogen-bond acceptors (Lipinski definition) is 10. The second kappa shape index (κ2) is 13.5. The molecule has 0 aliphatic carbocycles. The molecular weight excluding hydrogens is 648 g/mol. The van der Waals surface area contributed by atoms with Crippen molar-refractivity contribution in [2.75, 3.05) is 26.9 Å². The Hall–Kier alpha value is -5.02. The largest absolute Gasteiger partial charge is 0.459 e. The highest BCUT2D eigenvalue weighted by Gasteiger charge is 2.54. The van der Waals surface area contributed by atoms with E-state index in [1.54, 1.807) is 25.7 Å². The molecule has 49 heavy (non-hydrogen) atoms. The van der Waals surface area contributed by atoms with Crippen LogP contribution in [0.15, 0.2) is 34.3 Å². The lowest BCUT2D eigenvalue weighted by atomic mass is 9.84. The smallest absolute Gasteiger partial charge is 0.412 e. The van der Waals surface area contributed by atoms with Crippen LogP contribution in [0.1, 0.15) is 86.3 Å². The third-order valence-corrected chi connectivity index (χ3v) is 8.61. The topological polar surface area (TPSA) is 158 Å². The number of amides is 3. The summed E-state index contributed by atoms with van der Waals surface area (Å²) in [6, 6.07) is 2.01. The van der Waals surface area contributed by atoms with Gasteiger partial charge in [-0.05, 0) is 53.5 Å². The second-order valence-electron chi connectivity index (χ2n) is 13.5. The van der Waals surface area contributed by atoms with Crippen molar-refractivity contribution in [3.05, 3.63) is 63.1 Å². The highest BCUT2D eigenvalue weighted by Crippen LogP contribution is 2.46. The van der Waals surface area contributed by atoms with Crippen LogP contribution in [0.2, 0.25) is 0 Å². The van der Waals surface area contributed by atoms with Crippen LogP contribution in [0, 0.1) is 11.6 Å². The SMILES string of the molecule is CC1=NO[C@@]2(CC[C@H](C)N3C[C@H]2n2cc(C(=O)NCc4ccc(F)cc4F)c(=O)c(OCOC(=O)N(C)CC(=O)OC(C)(C)C)c2C3=O)C1. The first-order valence-corrected chi connectivity index (χ1v) is 15.8. The van der Waals surface area contributed by atoms with Gasteiger partial charge in [-0.1, -0.05) is 11.2 Å². The normalized spacial score (nSPS) is 21.3. The summed E-state index contributed by atoms with van der Waals surface area (Å²) in [5, 5.41) is 6.66. The van der Waals surface area contributed by atoms with E-state index in [1.165, 1.54) is 17.8 Å². The van der Waals surface area contributed by atoms with Gasteiger partial charge in [0.2, 0.25) is 18.0 Å². The van der Waals surface area contributed by atoms with Gasteiger partial charge in [-0.3, -0.25) is 19.2 Å². The number of carbonyl (C=O) groups is 4. The predicted octanol–water partition coefficient (Wildman–Crippen LogP) is 3.52. The van der Waals surface area contributed by atoms with Crippen LogP contribution < -0.4 is 15.5 Å². The van der Waals surface area contributed by atoms with Crippen molar-refractivity contribution in [2.24, 2.45) is 5.16 Å². The molecule has 3 atom stereocenters. The van der Waals surface area contributed by atoms with E-state index >= 15 is 0 Å².